The van der Waals surface area contributed by atoms with Crippen molar-refractivity contribution < 1.29 is 18.0 Å². The molecule has 0 bridgehead atoms. The SMILES string of the molecule is CC.CC(=O)NCc1ccc(C)c(C(F)(F)F)c1. The predicted octanol–water partition coefficient (Wildman–Crippen LogP) is 3.68. The van der Waals surface area contributed by atoms with Crippen LogP contribution in [0.1, 0.15) is 37.5 Å². The van der Waals surface area contributed by atoms with Gasteiger partial charge in [0.2, 0.25) is 5.91 Å². The second kappa shape index (κ2) is 7.03. The summed E-state index contributed by atoms with van der Waals surface area (Å²) in [5, 5.41) is 2.45. The van der Waals surface area contributed by atoms with Crippen LogP contribution in [0.5, 0.6) is 0 Å². The number of amides is 1. The smallest absolute Gasteiger partial charge is 0.352 e. The van der Waals surface area contributed by atoms with E-state index in [4.69, 9.17) is 0 Å². The maximum Gasteiger partial charge on any atom is 0.416 e. The zero-order chi connectivity index (χ0) is 14.3. The van der Waals surface area contributed by atoms with Crippen molar-refractivity contribution in [2.75, 3.05) is 0 Å². The standard InChI is InChI=1S/C11H12F3NO.C2H6/c1-7-3-4-9(6-15-8(2)16)5-10(7)11(12,13)14;1-2/h3-5H,6H2,1-2H3,(H,15,16);1-2H3. The Labute approximate surface area is 105 Å². The average Bonchev–Trinajstić information content (AvgIpc) is 2.29. The van der Waals surface area contributed by atoms with Crippen LogP contribution in [0, 0.1) is 6.92 Å². The van der Waals surface area contributed by atoms with Crippen molar-refractivity contribution >= 4 is 5.91 Å². The van der Waals surface area contributed by atoms with E-state index in [0.29, 0.717) is 5.56 Å². The van der Waals surface area contributed by atoms with Gasteiger partial charge in [-0.3, -0.25) is 4.79 Å². The molecule has 1 amide bonds. The zero-order valence-corrected chi connectivity index (χ0v) is 11.0. The first-order valence-corrected chi connectivity index (χ1v) is 5.72. The summed E-state index contributed by atoms with van der Waals surface area (Å²) in [5.74, 6) is -0.269. The van der Waals surface area contributed by atoms with Gasteiger partial charge in [0.25, 0.3) is 0 Å². The van der Waals surface area contributed by atoms with E-state index in [1.807, 2.05) is 13.8 Å². The highest BCUT2D eigenvalue weighted by molar-refractivity contribution is 5.72. The highest BCUT2D eigenvalue weighted by Crippen LogP contribution is 2.32. The molecule has 2 nitrogen and oxygen atoms in total. The number of alkyl halides is 3. The molecule has 0 heterocycles. The lowest BCUT2D eigenvalue weighted by atomic mass is 10.0. The number of carbonyl (C=O) groups excluding carboxylic acids is 1. The van der Waals surface area contributed by atoms with E-state index in [2.05, 4.69) is 5.32 Å². The summed E-state index contributed by atoms with van der Waals surface area (Å²) < 4.78 is 37.6. The number of aryl methyl sites for hydroxylation is 1. The molecule has 0 saturated heterocycles. The van der Waals surface area contributed by atoms with E-state index in [1.54, 1.807) is 6.07 Å². The second-order valence-corrected chi connectivity index (χ2v) is 3.56. The minimum Gasteiger partial charge on any atom is -0.352 e. The van der Waals surface area contributed by atoms with E-state index in [-0.39, 0.29) is 18.0 Å². The minimum absolute atomic E-state index is 0.110. The third-order valence-corrected chi connectivity index (χ3v) is 2.15. The maximum atomic E-state index is 12.5. The third kappa shape index (κ3) is 5.21. The predicted molar refractivity (Wildman–Crippen MR) is 65.0 cm³/mol. The van der Waals surface area contributed by atoms with Crippen molar-refractivity contribution in [2.24, 2.45) is 0 Å². The van der Waals surface area contributed by atoms with Crippen LogP contribution in [0.4, 0.5) is 13.2 Å². The number of halogens is 3. The molecule has 18 heavy (non-hydrogen) atoms. The summed E-state index contributed by atoms with van der Waals surface area (Å²) >= 11 is 0. The van der Waals surface area contributed by atoms with Crippen LogP contribution in [-0.4, -0.2) is 5.91 Å². The Hall–Kier alpha value is -1.52. The van der Waals surface area contributed by atoms with Crippen LogP contribution in [0.25, 0.3) is 0 Å². The Balaban J connectivity index is 0.00000137. The molecule has 0 atom stereocenters. The van der Waals surface area contributed by atoms with Crippen molar-refractivity contribution in [3.05, 3.63) is 34.9 Å². The molecule has 1 aromatic carbocycles. The Morgan fingerprint density at radius 2 is 1.83 bits per heavy atom. The van der Waals surface area contributed by atoms with Crippen molar-refractivity contribution in [3.8, 4) is 0 Å². The molecule has 102 valence electrons. The fourth-order valence-corrected chi connectivity index (χ4v) is 1.31. The van der Waals surface area contributed by atoms with Gasteiger partial charge in [-0.1, -0.05) is 26.0 Å². The van der Waals surface area contributed by atoms with Crippen LogP contribution in [0.2, 0.25) is 0 Å². The van der Waals surface area contributed by atoms with Gasteiger partial charge in [0.05, 0.1) is 5.56 Å². The summed E-state index contributed by atoms with van der Waals surface area (Å²) in [7, 11) is 0. The molecule has 1 N–H and O–H groups in total. The molecule has 5 heteroatoms. The van der Waals surface area contributed by atoms with E-state index in [1.165, 1.54) is 19.9 Å². The molecule has 0 fully saturated rings. The monoisotopic (exact) mass is 261 g/mol. The number of hydrogen-bond acceptors (Lipinski definition) is 1. The molecule has 0 aliphatic carbocycles. The summed E-state index contributed by atoms with van der Waals surface area (Å²) in [6.45, 7) is 6.84. The molecule has 0 radical (unpaired) electrons. The van der Waals surface area contributed by atoms with Crippen molar-refractivity contribution in [1.29, 1.82) is 0 Å². The second-order valence-electron chi connectivity index (χ2n) is 3.56. The van der Waals surface area contributed by atoms with Crippen LogP contribution >= 0.6 is 0 Å². The van der Waals surface area contributed by atoms with Crippen LogP contribution in [0.3, 0.4) is 0 Å². The fourth-order valence-electron chi connectivity index (χ4n) is 1.31. The van der Waals surface area contributed by atoms with Gasteiger partial charge in [0.1, 0.15) is 0 Å². The molecule has 0 aliphatic heterocycles. The van der Waals surface area contributed by atoms with Gasteiger partial charge in [-0.25, -0.2) is 0 Å². The van der Waals surface area contributed by atoms with E-state index < -0.39 is 11.7 Å². The summed E-state index contributed by atoms with van der Waals surface area (Å²) in [4.78, 5) is 10.6. The van der Waals surface area contributed by atoms with Gasteiger partial charge in [-0.2, -0.15) is 13.2 Å². The van der Waals surface area contributed by atoms with Gasteiger partial charge in [-0.15, -0.1) is 0 Å². The number of carbonyl (C=O) groups is 1. The molecular formula is C13H18F3NO. The van der Waals surface area contributed by atoms with Crippen LogP contribution < -0.4 is 5.32 Å². The Morgan fingerprint density at radius 1 is 1.28 bits per heavy atom. The number of rotatable bonds is 2. The van der Waals surface area contributed by atoms with Gasteiger partial charge < -0.3 is 5.32 Å². The number of benzene rings is 1. The summed E-state index contributed by atoms with van der Waals surface area (Å²) in [6.07, 6.45) is -4.35. The quantitative estimate of drug-likeness (QED) is 0.864. The largest absolute Gasteiger partial charge is 0.416 e. The first kappa shape index (κ1) is 16.5. The molecule has 0 aromatic heterocycles. The summed E-state index contributed by atoms with van der Waals surface area (Å²) in [5.41, 5.74) is -0.0393. The third-order valence-electron chi connectivity index (χ3n) is 2.15. The van der Waals surface area contributed by atoms with Crippen molar-refractivity contribution in [2.45, 2.75) is 40.4 Å². The number of nitrogens with one attached hydrogen (secondary N) is 1. The van der Waals surface area contributed by atoms with Crippen molar-refractivity contribution in [1.82, 2.24) is 5.32 Å². The molecule has 1 rings (SSSR count). The lowest BCUT2D eigenvalue weighted by molar-refractivity contribution is -0.138. The van der Waals surface area contributed by atoms with Gasteiger partial charge in [0, 0.05) is 13.5 Å². The zero-order valence-electron chi connectivity index (χ0n) is 11.0. The molecular weight excluding hydrogens is 243 g/mol. The van der Waals surface area contributed by atoms with Crippen LogP contribution in [-0.2, 0) is 17.5 Å². The average molecular weight is 261 g/mol. The van der Waals surface area contributed by atoms with Crippen molar-refractivity contribution in [3.63, 3.8) is 0 Å². The first-order valence-electron chi connectivity index (χ1n) is 5.72. The molecule has 1 aromatic rings. The Bertz CT molecular complexity index is 400. The van der Waals surface area contributed by atoms with E-state index in [0.717, 1.165) is 6.07 Å². The number of hydrogen-bond donors (Lipinski definition) is 1. The fraction of sp³-hybridized carbons (Fsp3) is 0.462. The molecule has 0 spiro atoms. The topological polar surface area (TPSA) is 29.1 Å². The lowest BCUT2D eigenvalue weighted by Crippen LogP contribution is -2.19. The molecule has 0 aliphatic rings. The first-order chi connectivity index (χ1) is 8.30. The highest BCUT2D eigenvalue weighted by Gasteiger charge is 2.32. The minimum atomic E-state index is -4.35. The summed E-state index contributed by atoms with van der Waals surface area (Å²) in [6, 6.07) is 4.03. The van der Waals surface area contributed by atoms with Gasteiger partial charge in [0.15, 0.2) is 0 Å². The Kier molecular flexibility index (Phi) is 6.44. The molecule has 0 saturated carbocycles. The highest BCUT2D eigenvalue weighted by atomic mass is 19.4. The normalized spacial score (nSPS) is 10.4. The van der Waals surface area contributed by atoms with Crippen LogP contribution in [0.15, 0.2) is 18.2 Å². The van der Waals surface area contributed by atoms with Gasteiger partial charge in [-0.05, 0) is 24.1 Å². The maximum absolute atomic E-state index is 12.5. The van der Waals surface area contributed by atoms with E-state index >= 15 is 0 Å². The Morgan fingerprint density at radius 3 is 2.28 bits per heavy atom. The lowest BCUT2D eigenvalue weighted by Gasteiger charge is -2.12. The van der Waals surface area contributed by atoms with Gasteiger partial charge >= 0.3 is 6.18 Å². The molecule has 0 unspecified atom stereocenters. The van der Waals surface area contributed by atoms with E-state index in [9.17, 15) is 18.0 Å².